The third-order valence-corrected chi connectivity index (χ3v) is 8.73. The van der Waals surface area contributed by atoms with Crippen LogP contribution in [0.25, 0.3) is 0 Å². The van der Waals surface area contributed by atoms with Crippen LogP contribution in [0.5, 0.6) is 0 Å². The Morgan fingerprint density at radius 3 is 2.65 bits per heavy atom. The van der Waals surface area contributed by atoms with Crippen molar-refractivity contribution in [3.05, 3.63) is 11.6 Å². The summed E-state index contributed by atoms with van der Waals surface area (Å²) >= 11 is 0. The van der Waals surface area contributed by atoms with Gasteiger partial charge in [0.1, 0.15) is 6.10 Å². The fraction of sp³-hybridized carbons (Fsp3) is 0.818. The highest BCUT2D eigenvalue weighted by molar-refractivity contribution is 5.66. The van der Waals surface area contributed by atoms with Gasteiger partial charge in [0.2, 0.25) is 0 Å². The summed E-state index contributed by atoms with van der Waals surface area (Å²) in [6, 6.07) is 2.26. The number of carbonyl (C=O) groups is 1. The van der Waals surface area contributed by atoms with E-state index >= 15 is 0 Å². The second-order valence-corrected chi connectivity index (χ2v) is 9.70. The zero-order valence-corrected chi connectivity index (χ0v) is 16.3. The van der Waals surface area contributed by atoms with Crippen LogP contribution in [0.4, 0.5) is 0 Å². The standard InChI is InChI=1S/C22H31NO3/c1-14(24)26-16-6-9-20(2)15(12-16)4-5-17-18(20)7-10-21(3)19(17)8-11-22(21,25)13-23/h4,16-19,25H,5-12H2,1-3H3/t16-,17+,18+,19-,20+,21+,22-/m1/s1. The first-order valence-corrected chi connectivity index (χ1v) is 10.2. The number of fused-ring (bicyclic) bond motifs is 5. The van der Waals surface area contributed by atoms with Crippen molar-refractivity contribution in [2.75, 3.05) is 0 Å². The predicted molar refractivity (Wildman–Crippen MR) is 97.8 cm³/mol. The highest BCUT2D eigenvalue weighted by Gasteiger charge is 2.64. The number of nitrogens with zero attached hydrogens (tertiary/aromatic N) is 1. The molecule has 0 aliphatic heterocycles. The van der Waals surface area contributed by atoms with Crippen LogP contribution in [0.2, 0.25) is 0 Å². The number of ether oxygens (including phenoxy) is 1. The van der Waals surface area contributed by atoms with Crippen molar-refractivity contribution in [3.63, 3.8) is 0 Å². The Morgan fingerprint density at radius 2 is 1.96 bits per heavy atom. The Balaban J connectivity index is 1.61. The van der Waals surface area contributed by atoms with Crippen molar-refractivity contribution in [3.8, 4) is 6.07 Å². The average molecular weight is 357 g/mol. The second kappa shape index (κ2) is 5.83. The Kier molecular flexibility index (Phi) is 4.04. The molecule has 4 nitrogen and oxygen atoms in total. The summed E-state index contributed by atoms with van der Waals surface area (Å²) in [7, 11) is 0. The van der Waals surface area contributed by atoms with Gasteiger partial charge in [0, 0.05) is 18.8 Å². The molecule has 0 amide bonds. The van der Waals surface area contributed by atoms with Gasteiger partial charge in [-0.2, -0.15) is 5.26 Å². The molecule has 0 aromatic carbocycles. The van der Waals surface area contributed by atoms with Crippen molar-refractivity contribution in [2.24, 2.45) is 28.6 Å². The lowest BCUT2D eigenvalue weighted by Gasteiger charge is -2.58. The van der Waals surface area contributed by atoms with Crippen LogP contribution in [0.15, 0.2) is 11.6 Å². The number of nitriles is 1. The molecule has 0 saturated heterocycles. The summed E-state index contributed by atoms with van der Waals surface area (Å²) < 4.78 is 5.50. The van der Waals surface area contributed by atoms with Gasteiger partial charge in [-0.1, -0.05) is 25.5 Å². The molecule has 0 unspecified atom stereocenters. The molecule has 142 valence electrons. The quantitative estimate of drug-likeness (QED) is 0.435. The molecule has 4 rings (SSSR count). The maximum atomic E-state index is 11.3. The molecule has 1 N–H and O–H groups in total. The van der Waals surface area contributed by atoms with E-state index in [0.29, 0.717) is 24.2 Å². The van der Waals surface area contributed by atoms with Crippen molar-refractivity contribution >= 4 is 5.97 Å². The summed E-state index contributed by atoms with van der Waals surface area (Å²) in [6.07, 6.45) is 10.0. The molecular formula is C22H31NO3. The SMILES string of the molecule is CC(=O)O[C@@H]1CC[C@@]2(C)C(=CC[C@@H]3[C@H]4CC[C@@](O)(C#N)[C@@]4(C)CC[C@@H]32)C1. The Bertz CT molecular complexity index is 694. The summed E-state index contributed by atoms with van der Waals surface area (Å²) in [5, 5.41) is 20.5. The normalized spacial score (nSPS) is 49.9. The van der Waals surface area contributed by atoms with Gasteiger partial charge >= 0.3 is 5.97 Å². The minimum Gasteiger partial charge on any atom is -0.462 e. The largest absolute Gasteiger partial charge is 0.462 e. The molecule has 0 radical (unpaired) electrons. The van der Waals surface area contributed by atoms with E-state index in [1.165, 1.54) is 12.5 Å². The molecular weight excluding hydrogens is 326 g/mol. The molecule has 0 aromatic rings. The molecule has 4 aliphatic carbocycles. The van der Waals surface area contributed by atoms with Crippen LogP contribution in [-0.4, -0.2) is 22.8 Å². The lowest BCUT2D eigenvalue weighted by atomic mass is 9.47. The summed E-state index contributed by atoms with van der Waals surface area (Å²) in [4.78, 5) is 11.3. The molecule has 3 fully saturated rings. The van der Waals surface area contributed by atoms with E-state index in [-0.39, 0.29) is 22.9 Å². The second-order valence-electron chi connectivity index (χ2n) is 9.70. The average Bonchev–Trinajstić information content (AvgIpc) is 2.87. The lowest BCUT2D eigenvalue weighted by Crippen LogP contribution is -2.54. The minimum atomic E-state index is -1.15. The van der Waals surface area contributed by atoms with Crippen LogP contribution in [0.1, 0.15) is 72.1 Å². The molecule has 0 spiro atoms. The zero-order valence-electron chi connectivity index (χ0n) is 16.3. The van der Waals surface area contributed by atoms with Gasteiger partial charge in [-0.3, -0.25) is 4.79 Å². The highest BCUT2D eigenvalue weighted by atomic mass is 16.5. The number of esters is 1. The smallest absolute Gasteiger partial charge is 0.302 e. The third-order valence-electron chi connectivity index (χ3n) is 8.73. The van der Waals surface area contributed by atoms with Gasteiger partial charge in [0.25, 0.3) is 0 Å². The first kappa shape index (κ1) is 18.0. The van der Waals surface area contributed by atoms with E-state index in [0.717, 1.165) is 44.9 Å². The van der Waals surface area contributed by atoms with Gasteiger partial charge in [-0.15, -0.1) is 0 Å². The van der Waals surface area contributed by atoms with Gasteiger partial charge in [0.15, 0.2) is 5.60 Å². The van der Waals surface area contributed by atoms with E-state index in [9.17, 15) is 15.2 Å². The topological polar surface area (TPSA) is 70.3 Å². The van der Waals surface area contributed by atoms with Crippen molar-refractivity contribution in [2.45, 2.75) is 83.8 Å². The van der Waals surface area contributed by atoms with Crippen LogP contribution in [-0.2, 0) is 9.53 Å². The van der Waals surface area contributed by atoms with Crippen molar-refractivity contribution in [1.29, 1.82) is 5.26 Å². The van der Waals surface area contributed by atoms with Crippen molar-refractivity contribution < 1.29 is 14.6 Å². The van der Waals surface area contributed by atoms with Gasteiger partial charge in [-0.25, -0.2) is 0 Å². The Hall–Kier alpha value is -1.34. The first-order chi connectivity index (χ1) is 12.2. The van der Waals surface area contributed by atoms with Gasteiger partial charge in [-0.05, 0) is 68.1 Å². The maximum absolute atomic E-state index is 11.3. The maximum Gasteiger partial charge on any atom is 0.302 e. The molecule has 4 aliphatic rings. The minimum absolute atomic E-state index is 0.0346. The summed E-state index contributed by atoms with van der Waals surface area (Å²) in [5.41, 5.74) is 0.252. The summed E-state index contributed by atoms with van der Waals surface area (Å²) in [5.74, 6) is 1.45. The lowest BCUT2D eigenvalue weighted by molar-refractivity contribution is -0.149. The number of aliphatic hydroxyl groups is 1. The summed E-state index contributed by atoms with van der Waals surface area (Å²) in [6.45, 7) is 6.06. The van der Waals surface area contributed by atoms with Gasteiger partial charge < -0.3 is 9.84 Å². The third kappa shape index (κ3) is 2.32. The number of hydrogen-bond donors (Lipinski definition) is 1. The fourth-order valence-electron chi connectivity index (χ4n) is 7.16. The van der Waals surface area contributed by atoms with Crippen LogP contribution in [0.3, 0.4) is 0 Å². The molecule has 26 heavy (non-hydrogen) atoms. The zero-order chi connectivity index (χ0) is 18.7. The molecule has 7 atom stereocenters. The highest BCUT2D eigenvalue weighted by Crippen LogP contribution is 2.67. The Morgan fingerprint density at radius 1 is 1.23 bits per heavy atom. The van der Waals surface area contributed by atoms with E-state index in [2.05, 4.69) is 26.0 Å². The van der Waals surface area contributed by atoms with E-state index in [1.807, 2.05) is 0 Å². The van der Waals surface area contributed by atoms with Gasteiger partial charge in [0.05, 0.1) is 6.07 Å². The van der Waals surface area contributed by atoms with E-state index in [1.54, 1.807) is 0 Å². The molecule has 3 saturated carbocycles. The van der Waals surface area contributed by atoms with Crippen LogP contribution >= 0.6 is 0 Å². The Labute approximate surface area is 156 Å². The van der Waals surface area contributed by atoms with Crippen molar-refractivity contribution in [1.82, 2.24) is 0 Å². The number of allylic oxidation sites excluding steroid dienone is 1. The number of carbonyl (C=O) groups excluding carboxylic acids is 1. The fourth-order valence-corrected chi connectivity index (χ4v) is 7.16. The number of hydrogen-bond acceptors (Lipinski definition) is 4. The molecule has 0 aromatic heterocycles. The van der Waals surface area contributed by atoms with Crippen LogP contribution < -0.4 is 0 Å². The van der Waals surface area contributed by atoms with E-state index < -0.39 is 5.60 Å². The van der Waals surface area contributed by atoms with Crippen LogP contribution in [0, 0.1) is 39.9 Å². The predicted octanol–water partition coefficient (Wildman–Crippen LogP) is 4.14. The molecule has 4 heteroatoms. The first-order valence-electron chi connectivity index (χ1n) is 10.2. The molecule has 0 heterocycles. The van der Waals surface area contributed by atoms with E-state index in [4.69, 9.17) is 4.74 Å². The number of rotatable bonds is 1. The monoisotopic (exact) mass is 357 g/mol. The molecule has 0 bridgehead atoms.